The fourth-order valence-corrected chi connectivity index (χ4v) is 2.37. The van der Waals surface area contributed by atoms with Crippen LogP contribution in [0.25, 0.3) is 0 Å². The van der Waals surface area contributed by atoms with Crippen LogP contribution in [0.4, 0.5) is 5.69 Å². The molecule has 23 heavy (non-hydrogen) atoms. The lowest BCUT2D eigenvalue weighted by molar-refractivity contribution is -0.116. The van der Waals surface area contributed by atoms with Crippen LogP contribution in [0, 0.1) is 0 Å². The van der Waals surface area contributed by atoms with Gasteiger partial charge < -0.3 is 10.6 Å². The van der Waals surface area contributed by atoms with Gasteiger partial charge in [-0.1, -0.05) is 55.5 Å². The fourth-order valence-electron chi connectivity index (χ4n) is 2.37. The standard InChI is InChI=1S/C19H24N2O.ClH/c1-2-20-15-17-12-6-7-13-18(17)21-19(22)14-8-11-16-9-4-3-5-10-16;/h3-7,9-10,12-13,20H,2,8,11,14-15H2,1H3,(H,21,22);1H. The van der Waals surface area contributed by atoms with Crippen LogP contribution in [0.2, 0.25) is 0 Å². The number of benzene rings is 2. The lowest BCUT2D eigenvalue weighted by Crippen LogP contribution is -2.16. The summed E-state index contributed by atoms with van der Waals surface area (Å²) in [5.74, 6) is 0.0832. The summed E-state index contributed by atoms with van der Waals surface area (Å²) >= 11 is 0. The lowest BCUT2D eigenvalue weighted by atomic mass is 10.1. The molecule has 0 spiro atoms. The molecule has 3 nitrogen and oxygen atoms in total. The molecular weight excluding hydrogens is 308 g/mol. The number of anilines is 1. The Hall–Kier alpha value is -1.84. The highest BCUT2D eigenvalue weighted by atomic mass is 35.5. The summed E-state index contributed by atoms with van der Waals surface area (Å²) in [5, 5.41) is 6.32. The van der Waals surface area contributed by atoms with Crippen LogP contribution >= 0.6 is 12.4 Å². The van der Waals surface area contributed by atoms with Crippen molar-refractivity contribution in [3.05, 3.63) is 65.7 Å². The number of hydrogen-bond acceptors (Lipinski definition) is 2. The molecule has 2 aromatic carbocycles. The predicted molar refractivity (Wildman–Crippen MR) is 99.1 cm³/mol. The van der Waals surface area contributed by atoms with Gasteiger partial charge in [-0.15, -0.1) is 12.4 Å². The van der Waals surface area contributed by atoms with Crippen molar-refractivity contribution in [2.24, 2.45) is 0 Å². The van der Waals surface area contributed by atoms with Crippen molar-refractivity contribution < 1.29 is 4.79 Å². The van der Waals surface area contributed by atoms with E-state index < -0.39 is 0 Å². The molecule has 0 atom stereocenters. The minimum atomic E-state index is 0. The zero-order valence-corrected chi connectivity index (χ0v) is 14.4. The Kier molecular flexibility index (Phi) is 9.03. The van der Waals surface area contributed by atoms with E-state index in [9.17, 15) is 4.79 Å². The third-order valence-corrected chi connectivity index (χ3v) is 3.57. The molecule has 0 saturated carbocycles. The Morgan fingerprint density at radius 3 is 2.43 bits per heavy atom. The summed E-state index contributed by atoms with van der Waals surface area (Å²) in [6.07, 6.45) is 2.35. The largest absolute Gasteiger partial charge is 0.326 e. The second-order valence-corrected chi connectivity index (χ2v) is 5.32. The molecule has 0 saturated heterocycles. The molecule has 0 fully saturated rings. The first-order chi connectivity index (χ1) is 10.8. The van der Waals surface area contributed by atoms with Crippen LogP contribution in [-0.2, 0) is 17.8 Å². The summed E-state index contributed by atoms with van der Waals surface area (Å²) in [4.78, 5) is 12.1. The minimum absolute atomic E-state index is 0. The zero-order chi connectivity index (χ0) is 15.6. The highest BCUT2D eigenvalue weighted by Crippen LogP contribution is 2.15. The van der Waals surface area contributed by atoms with E-state index in [2.05, 4.69) is 29.7 Å². The molecule has 2 aromatic rings. The monoisotopic (exact) mass is 332 g/mol. The Labute approximate surface area is 144 Å². The SMILES string of the molecule is CCNCc1ccccc1NC(=O)CCCc1ccccc1.Cl. The first-order valence-electron chi connectivity index (χ1n) is 7.92. The normalized spacial score (nSPS) is 9.96. The van der Waals surface area contributed by atoms with Crippen LogP contribution in [0.5, 0.6) is 0 Å². The topological polar surface area (TPSA) is 41.1 Å². The Balaban J connectivity index is 0.00000264. The van der Waals surface area contributed by atoms with E-state index in [0.717, 1.165) is 37.2 Å². The molecule has 0 aromatic heterocycles. The first-order valence-corrected chi connectivity index (χ1v) is 7.92. The van der Waals surface area contributed by atoms with Gasteiger partial charge in [-0.3, -0.25) is 4.79 Å². The number of nitrogens with one attached hydrogen (secondary N) is 2. The average Bonchev–Trinajstić information content (AvgIpc) is 2.55. The van der Waals surface area contributed by atoms with Crippen molar-refractivity contribution in [2.75, 3.05) is 11.9 Å². The zero-order valence-electron chi connectivity index (χ0n) is 13.5. The van der Waals surface area contributed by atoms with E-state index in [-0.39, 0.29) is 18.3 Å². The van der Waals surface area contributed by atoms with Gasteiger partial charge in [0, 0.05) is 18.7 Å². The molecule has 0 aliphatic rings. The maximum Gasteiger partial charge on any atom is 0.224 e. The fraction of sp³-hybridized carbons (Fsp3) is 0.316. The number of para-hydroxylation sites is 1. The van der Waals surface area contributed by atoms with Gasteiger partial charge in [0.1, 0.15) is 0 Å². The Bertz CT molecular complexity index is 587. The van der Waals surface area contributed by atoms with Gasteiger partial charge >= 0.3 is 0 Å². The lowest BCUT2D eigenvalue weighted by Gasteiger charge is -2.11. The quantitative estimate of drug-likeness (QED) is 0.761. The predicted octanol–water partition coefficient (Wildman–Crippen LogP) is 4.18. The second kappa shape index (κ2) is 10.8. The van der Waals surface area contributed by atoms with E-state index in [1.165, 1.54) is 5.56 Å². The summed E-state index contributed by atoms with van der Waals surface area (Å²) in [5.41, 5.74) is 3.32. The number of carbonyl (C=O) groups is 1. The summed E-state index contributed by atoms with van der Waals surface area (Å²) in [6.45, 7) is 3.76. The maximum atomic E-state index is 12.1. The highest BCUT2D eigenvalue weighted by Gasteiger charge is 2.06. The number of carbonyl (C=O) groups excluding carboxylic acids is 1. The van der Waals surface area contributed by atoms with Gasteiger partial charge in [-0.05, 0) is 36.6 Å². The molecule has 0 heterocycles. The molecule has 124 valence electrons. The molecule has 2 N–H and O–H groups in total. The Morgan fingerprint density at radius 1 is 1.00 bits per heavy atom. The van der Waals surface area contributed by atoms with Gasteiger partial charge in [-0.2, -0.15) is 0 Å². The van der Waals surface area contributed by atoms with Gasteiger partial charge in [0.25, 0.3) is 0 Å². The molecule has 0 bridgehead atoms. The van der Waals surface area contributed by atoms with E-state index >= 15 is 0 Å². The van der Waals surface area contributed by atoms with Gasteiger partial charge in [-0.25, -0.2) is 0 Å². The minimum Gasteiger partial charge on any atom is -0.326 e. The summed E-state index contributed by atoms with van der Waals surface area (Å²) in [6, 6.07) is 18.2. The third kappa shape index (κ3) is 6.85. The number of amides is 1. The van der Waals surface area contributed by atoms with Gasteiger partial charge in [0.2, 0.25) is 5.91 Å². The van der Waals surface area contributed by atoms with E-state index in [0.29, 0.717) is 6.42 Å². The number of halogens is 1. The Morgan fingerprint density at radius 2 is 1.70 bits per heavy atom. The van der Waals surface area contributed by atoms with Crippen molar-refractivity contribution >= 4 is 24.0 Å². The van der Waals surface area contributed by atoms with Crippen LogP contribution < -0.4 is 10.6 Å². The molecule has 2 rings (SSSR count). The molecule has 1 amide bonds. The molecule has 0 radical (unpaired) electrons. The summed E-state index contributed by atoms with van der Waals surface area (Å²) < 4.78 is 0. The molecule has 4 heteroatoms. The van der Waals surface area contributed by atoms with Crippen molar-refractivity contribution in [2.45, 2.75) is 32.7 Å². The highest BCUT2D eigenvalue weighted by molar-refractivity contribution is 5.91. The smallest absolute Gasteiger partial charge is 0.224 e. The van der Waals surface area contributed by atoms with Crippen molar-refractivity contribution in [3.8, 4) is 0 Å². The first kappa shape index (κ1) is 19.2. The van der Waals surface area contributed by atoms with E-state index in [1.807, 2.05) is 42.5 Å². The maximum absolute atomic E-state index is 12.1. The van der Waals surface area contributed by atoms with Crippen molar-refractivity contribution in [1.82, 2.24) is 5.32 Å². The third-order valence-electron chi connectivity index (χ3n) is 3.57. The van der Waals surface area contributed by atoms with Crippen LogP contribution in [-0.4, -0.2) is 12.5 Å². The van der Waals surface area contributed by atoms with Gasteiger partial charge in [0.15, 0.2) is 0 Å². The van der Waals surface area contributed by atoms with Crippen LogP contribution in [0.15, 0.2) is 54.6 Å². The average molecular weight is 333 g/mol. The molecule has 0 aliphatic carbocycles. The van der Waals surface area contributed by atoms with Gasteiger partial charge in [0.05, 0.1) is 0 Å². The van der Waals surface area contributed by atoms with E-state index in [1.54, 1.807) is 0 Å². The summed E-state index contributed by atoms with van der Waals surface area (Å²) in [7, 11) is 0. The second-order valence-electron chi connectivity index (χ2n) is 5.32. The molecule has 0 aliphatic heterocycles. The van der Waals surface area contributed by atoms with Crippen molar-refractivity contribution in [3.63, 3.8) is 0 Å². The van der Waals surface area contributed by atoms with Crippen molar-refractivity contribution in [1.29, 1.82) is 0 Å². The molecular formula is C19H25ClN2O. The van der Waals surface area contributed by atoms with E-state index in [4.69, 9.17) is 0 Å². The number of rotatable bonds is 8. The molecule has 0 unspecified atom stereocenters. The number of aryl methyl sites for hydroxylation is 1. The van der Waals surface area contributed by atoms with Crippen LogP contribution in [0.1, 0.15) is 30.9 Å². The van der Waals surface area contributed by atoms with Crippen LogP contribution in [0.3, 0.4) is 0 Å². The number of hydrogen-bond donors (Lipinski definition) is 2.